The van der Waals surface area contributed by atoms with Crippen molar-refractivity contribution in [3.05, 3.63) is 21.8 Å². The van der Waals surface area contributed by atoms with Crippen molar-refractivity contribution in [2.45, 2.75) is 0 Å². The van der Waals surface area contributed by atoms with Crippen LogP contribution in [0.2, 0.25) is 0 Å². The van der Waals surface area contributed by atoms with Crippen molar-refractivity contribution < 1.29 is 0 Å². The van der Waals surface area contributed by atoms with Gasteiger partial charge in [-0.25, -0.2) is 0 Å². The van der Waals surface area contributed by atoms with E-state index in [2.05, 4.69) is 37.1 Å². The SMILES string of the molecule is Brc1nncc2cc[se]c12. The number of nitrogens with zero attached hydrogens (tertiary/aromatic N) is 2. The monoisotopic (exact) mass is 262 g/mol. The Morgan fingerprint density at radius 1 is 1.50 bits per heavy atom. The number of halogens is 1. The van der Waals surface area contributed by atoms with Gasteiger partial charge in [0.2, 0.25) is 0 Å². The van der Waals surface area contributed by atoms with Crippen LogP contribution >= 0.6 is 15.9 Å². The Hall–Kier alpha value is -0.181. The Kier molecular flexibility index (Phi) is 1.60. The van der Waals surface area contributed by atoms with Crippen LogP contribution in [0, 0.1) is 0 Å². The fourth-order valence-corrected chi connectivity index (χ4v) is 3.15. The molecule has 0 N–H and O–H groups in total. The molecular weight excluding hydrogens is 259 g/mol. The normalized spacial score (nSPS) is 10.5. The van der Waals surface area contributed by atoms with Crippen LogP contribution in [-0.4, -0.2) is 24.7 Å². The molecule has 2 nitrogen and oxygen atoms in total. The Morgan fingerprint density at radius 2 is 2.40 bits per heavy atom. The van der Waals surface area contributed by atoms with Crippen LogP contribution in [0.15, 0.2) is 21.8 Å². The van der Waals surface area contributed by atoms with E-state index in [-0.39, 0.29) is 0 Å². The van der Waals surface area contributed by atoms with Crippen LogP contribution in [0.25, 0.3) is 9.65 Å². The van der Waals surface area contributed by atoms with Gasteiger partial charge in [0.1, 0.15) is 0 Å². The summed E-state index contributed by atoms with van der Waals surface area (Å²) in [5.74, 6) is 0. The van der Waals surface area contributed by atoms with Crippen LogP contribution < -0.4 is 0 Å². The maximum absolute atomic E-state index is 3.89. The van der Waals surface area contributed by atoms with Crippen LogP contribution in [0.1, 0.15) is 0 Å². The van der Waals surface area contributed by atoms with Crippen LogP contribution in [0.4, 0.5) is 0 Å². The van der Waals surface area contributed by atoms with Gasteiger partial charge in [-0.15, -0.1) is 0 Å². The third-order valence-corrected chi connectivity index (χ3v) is 4.34. The number of fused-ring (bicyclic) bond motifs is 1. The zero-order valence-corrected chi connectivity index (χ0v) is 8.21. The molecule has 2 rings (SSSR count). The fourth-order valence-electron chi connectivity index (χ4n) is 0.776. The predicted octanol–water partition coefficient (Wildman–Crippen LogP) is 1.45. The van der Waals surface area contributed by atoms with Crippen molar-refractivity contribution in [1.29, 1.82) is 0 Å². The van der Waals surface area contributed by atoms with Gasteiger partial charge in [0.25, 0.3) is 0 Å². The van der Waals surface area contributed by atoms with E-state index in [1.54, 1.807) is 6.20 Å². The molecule has 0 aliphatic heterocycles. The van der Waals surface area contributed by atoms with Crippen molar-refractivity contribution >= 4 is 40.1 Å². The van der Waals surface area contributed by atoms with E-state index in [9.17, 15) is 0 Å². The van der Waals surface area contributed by atoms with Gasteiger partial charge in [0.05, 0.1) is 0 Å². The first-order valence-corrected chi connectivity index (χ1v) is 5.36. The Bertz CT molecular complexity index is 357. The summed E-state index contributed by atoms with van der Waals surface area (Å²) in [6.45, 7) is 0. The molecule has 0 saturated carbocycles. The molecule has 0 radical (unpaired) electrons. The van der Waals surface area contributed by atoms with E-state index in [4.69, 9.17) is 0 Å². The van der Waals surface area contributed by atoms with Gasteiger partial charge < -0.3 is 0 Å². The molecule has 0 saturated heterocycles. The molecule has 2 heterocycles. The molecule has 2 aromatic rings. The second kappa shape index (κ2) is 2.46. The first-order chi connectivity index (χ1) is 4.88. The van der Waals surface area contributed by atoms with E-state index in [1.807, 2.05) is 0 Å². The molecular formula is C6H3BrN2Se. The van der Waals surface area contributed by atoms with E-state index in [0.717, 1.165) is 4.60 Å². The van der Waals surface area contributed by atoms with E-state index < -0.39 is 0 Å². The van der Waals surface area contributed by atoms with Gasteiger partial charge in [-0.05, 0) is 0 Å². The third kappa shape index (κ3) is 0.926. The summed E-state index contributed by atoms with van der Waals surface area (Å²) < 4.78 is 2.21. The number of rotatable bonds is 0. The summed E-state index contributed by atoms with van der Waals surface area (Å²) in [6.07, 6.45) is 1.80. The minimum absolute atomic E-state index is 0.462. The van der Waals surface area contributed by atoms with Crippen LogP contribution in [0.5, 0.6) is 0 Å². The van der Waals surface area contributed by atoms with Crippen LogP contribution in [-0.2, 0) is 0 Å². The van der Waals surface area contributed by atoms with Crippen LogP contribution in [0.3, 0.4) is 0 Å². The standard InChI is InChI=1S/C6H3BrN2Se/c7-6-5-4(1-2-10-5)3-8-9-6/h1-3H. The van der Waals surface area contributed by atoms with Crippen molar-refractivity contribution in [3.63, 3.8) is 0 Å². The molecule has 0 atom stereocenters. The molecule has 0 aliphatic carbocycles. The molecule has 0 aromatic carbocycles. The molecule has 0 bridgehead atoms. The molecule has 2 aromatic heterocycles. The van der Waals surface area contributed by atoms with Gasteiger partial charge in [-0.2, -0.15) is 0 Å². The summed E-state index contributed by atoms with van der Waals surface area (Å²) in [5, 5.41) is 8.92. The first kappa shape index (κ1) is 6.52. The van der Waals surface area contributed by atoms with E-state index in [0.29, 0.717) is 14.5 Å². The number of hydrogen-bond acceptors (Lipinski definition) is 2. The quantitative estimate of drug-likeness (QED) is 0.671. The summed E-state index contributed by atoms with van der Waals surface area (Å²) in [5.41, 5.74) is 0. The summed E-state index contributed by atoms with van der Waals surface area (Å²) in [6, 6.07) is 2.09. The molecule has 0 amide bonds. The van der Waals surface area contributed by atoms with Crippen molar-refractivity contribution in [2.24, 2.45) is 0 Å². The molecule has 0 unspecified atom stereocenters. The van der Waals surface area contributed by atoms with Gasteiger partial charge >= 0.3 is 72.1 Å². The zero-order chi connectivity index (χ0) is 6.97. The molecule has 0 aliphatic rings. The Labute approximate surface area is 72.1 Å². The topological polar surface area (TPSA) is 25.8 Å². The molecule has 0 fully saturated rings. The van der Waals surface area contributed by atoms with Gasteiger partial charge in [0.15, 0.2) is 0 Å². The zero-order valence-electron chi connectivity index (χ0n) is 4.91. The average molecular weight is 262 g/mol. The Balaban J connectivity index is 2.95. The summed E-state index contributed by atoms with van der Waals surface area (Å²) >= 11 is 3.81. The first-order valence-electron chi connectivity index (χ1n) is 2.72. The molecule has 50 valence electrons. The van der Waals surface area contributed by atoms with Gasteiger partial charge in [-0.1, -0.05) is 0 Å². The maximum atomic E-state index is 3.89. The summed E-state index contributed by atoms with van der Waals surface area (Å²) in [4.78, 5) is 2.17. The third-order valence-electron chi connectivity index (χ3n) is 1.23. The molecule has 4 heteroatoms. The fraction of sp³-hybridized carbons (Fsp3) is 0. The van der Waals surface area contributed by atoms with Gasteiger partial charge in [-0.3, -0.25) is 0 Å². The molecule has 10 heavy (non-hydrogen) atoms. The Morgan fingerprint density at radius 3 is 3.20 bits per heavy atom. The number of aromatic nitrogens is 2. The average Bonchev–Trinajstić information content (AvgIpc) is 2.36. The molecule has 0 spiro atoms. The second-order valence-electron chi connectivity index (χ2n) is 1.84. The predicted molar refractivity (Wildman–Crippen MR) is 44.2 cm³/mol. The van der Waals surface area contributed by atoms with Gasteiger partial charge in [0, 0.05) is 0 Å². The van der Waals surface area contributed by atoms with Crippen molar-refractivity contribution in [2.75, 3.05) is 0 Å². The number of hydrogen-bond donors (Lipinski definition) is 0. The van der Waals surface area contributed by atoms with Crippen molar-refractivity contribution in [3.8, 4) is 0 Å². The minimum atomic E-state index is 0.462. The second-order valence-corrected chi connectivity index (χ2v) is 4.51. The van der Waals surface area contributed by atoms with Crippen molar-refractivity contribution in [1.82, 2.24) is 10.2 Å². The van der Waals surface area contributed by atoms with E-state index in [1.165, 1.54) is 9.65 Å². The van der Waals surface area contributed by atoms with E-state index >= 15 is 0 Å². The summed E-state index contributed by atoms with van der Waals surface area (Å²) in [7, 11) is 0.